The first-order valence-electron chi connectivity index (χ1n) is 11.3. The predicted molar refractivity (Wildman–Crippen MR) is 104 cm³/mol. The molecule has 136 valence electrons. The van der Waals surface area contributed by atoms with Crippen LogP contribution in [0.25, 0.3) is 0 Å². The predicted octanol–water partition coefficient (Wildman–Crippen LogP) is 7.72. The Labute approximate surface area is 147 Å². The Hall–Kier alpha value is 0. The van der Waals surface area contributed by atoms with Crippen molar-refractivity contribution < 1.29 is 0 Å². The van der Waals surface area contributed by atoms with Crippen molar-refractivity contribution >= 4 is 0 Å². The van der Waals surface area contributed by atoms with Gasteiger partial charge < -0.3 is 0 Å². The Bertz CT molecular complexity index is 306. The molecular weight excluding hydrogens is 276 g/mol. The van der Waals surface area contributed by atoms with Crippen molar-refractivity contribution in [2.24, 2.45) is 41.4 Å². The van der Waals surface area contributed by atoms with Crippen LogP contribution in [0.2, 0.25) is 0 Å². The molecule has 0 N–H and O–H groups in total. The van der Waals surface area contributed by atoms with Crippen molar-refractivity contribution in [2.45, 2.75) is 105 Å². The topological polar surface area (TPSA) is 0 Å². The van der Waals surface area contributed by atoms with Gasteiger partial charge in [0.25, 0.3) is 0 Å². The van der Waals surface area contributed by atoms with Crippen LogP contribution in [-0.4, -0.2) is 0 Å². The monoisotopic (exact) mass is 320 g/mol. The molecule has 6 unspecified atom stereocenters. The van der Waals surface area contributed by atoms with Gasteiger partial charge in [0.1, 0.15) is 0 Å². The van der Waals surface area contributed by atoms with Gasteiger partial charge in [-0.1, -0.05) is 92.4 Å². The molecule has 3 aliphatic rings. The van der Waals surface area contributed by atoms with Crippen LogP contribution < -0.4 is 0 Å². The molecule has 0 aromatic heterocycles. The molecule has 0 amide bonds. The highest BCUT2D eigenvalue weighted by Crippen LogP contribution is 2.57. The second kappa shape index (κ2) is 9.47. The molecule has 0 heterocycles. The lowest BCUT2D eigenvalue weighted by molar-refractivity contribution is -0.0701. The largest absolute Gasteiger partial charge is 0.0683 e. The Balaban J connectivity index is 0.000000924. The lowest BCUT2D eigenvalue weighted by Gasteiger charge is -2.56. The van der Waals surface area contributed by atoms with Gasteiger partial charge in [0.05, 0.1) is 0 Å². The molecule has 0 bridgehead atoms. The minimum atomic E-state index is 1.00. The van der Waals surface area contributed by atoms with Crippen LogP contribution in [-0.2, 0) is 0 Å². The van der Waals surface area contributed by atoms with Gasteiger partial charge in [0, 0.05) is 0 Å². The highest BCUT2D eigenvalue weighted by Gasteiger charge is 2.49. The van der Waals surface area contributed by atoms with Gasteiger partial charge in [-0.25, -0.2) is 0 Å². The Morgan fingerprint density at radius 3 is 1.74 bits per heavy atom. The molecule has 23 heavy (non-hydrogen) atoms. The first-order chi connectivity index (χ1) is 11.3. The summed E-state index contributed by atoms with van der Waals surface area (Å²) in [5, 5.41) is 0. The van der Waals surface area contributed by atoms with Crippen LogP contribution in [0.15, 0.2) is 0 Å². The van der Waals surface area contributed by atoms with Gasteiger partial charge in [0.15, 0.2) is 0 Å². The smallest absolute Gasteiger partial charge is 0.0324 e. The van der Waals surface area contributed by atoms with E-state index in [1.54, 1.807) is 25.7 Å². The molecular formula is C23H44. The van der Waals surface area contributed by atoms with Gasteiger partial charge in [-0.15, -0.1) is 0 Å². The highest BCUT2D eigenvalue weighted by molar-refractivity contribution is 4.98. The SMILES string of the molecule is CC.CCC1C(C)C2CCCCC2C(C2CCCCC2)C1CC. The molecule has 0 nitrogen and oxygen atoms in total. The van der Waals surface area contributed by atoms with Crippen molar-refractivity contribution in [1.29, 1.82) is 0 Å². The third-order valence-electron chi connectivity index (χ3n) is 7.90. The summed E-state index contributed by atoms with van der Waals surface area (Å²) >= 11 is 0. The minimum absolute atomic E-state index is 1.00. The second-order valence-corrected chi connectivity index (χ2v) is 8.59. The summed E-state index contributed by atoms with van der Waals surface area (Å²) in [7, 11) is 0. The van der Waals surface area contributed by atoms with E-state index in [-0.39, 0.29) is 0 Å². The van der Waals surface area contributed by atoms with Gasteiger partial charge in [0.2, 0.25) is 0 Å². The van der Waals surface area contributed by atoms with E-state index in [1.165, 1.54) is 44.9 Å². The summed E-state index contributed by atoms with van der Waals surface area (Å²) in [6.45, 7) is 11.6. The van der Waals surface area contributed by atoms with E-state index in [2.05, 4.69) is 20.8 Å². The normalized spacial score (nSPS) is 41.6. The first kappa shape index (κ1) is 19.3. The summed E-state index contributed by atoms with van der Waals surface area (Å²) in [5.74, 6) is 7.46. The molecule has 6 atom stereocenters. The maximum Gasteiger partial charge on any atom is -0.0324 e. The van der Waals surface area contributed by atoms with E-state index >= 15 is 0 Å². The van der Waals surface area contributed by atoms with Gasteiger partial charge in [-0.05, 0) is 54.3 Å². The summed E-state index contributed by atoms with van der Waals surface area (Å²) in [6.07, 6.45) is 16.8. The summed E-state index contributed by atoms with van der Waals surface area (Å²) < 4.78 is 0. The lowest BCUT2D eigenvalue weighted by atomic mass is 9.49. The fraction of sp³-hybridized carbons (Fsp3) is 1.00. The summed E-state index contributed by atoms with van der Waals surface area (Å²) in [6, 6.07) is 0. The average molecular weight is 321 g/mol. The van der Waals surface area contributed by atoms with E-state index < -0.39 is 0 Å². The van der Waals surface area contributed by atoms with E-state index in [0.717, 1.165) is 41.4 Å². The van der Waals surface area contributed by atoms with Crippen molar-refractivity contribution in [3.05, 3.63) is 0 Å². The number of hydrogen-bond acceptors (Lipinski definition) is 0. The summed E-state index contributed by atoms with van der Waals surface area (Å²) in [5.41, 5.74) is 0. The molecule has 0 aromatic carbocycles. The minimum Gasteiger partial charge on any atom is -0.0683 e. The number of fused-ring (bicyclic) bond motifs is 1. The van der Waals surface area contributed by atoms with Gasteiger partial charge in [-0.2, -0.15) is 0 Å². The van der Waals surface area contributed by atoms with Gasteiger partial charge >= 0.3 is 0 Å². The highest BCUT2D eigenvalue weighted by atomic mass is 14.5. The molecule has 0 saturated heterocycles. The Morgan fingerprint density at radius 1 is 0.652 bits per heavy atom. The van der Waals surface area contributed by atoms with Crippen LogP contribution in [0.3, 0.4) is 0 Å². The maximum atomic E-state index is 2.62. The van der Waals surface area contributed by atoms with E-state index in [1.807, 2.05) is 13.8 Å². The molecule has 0 spiro atoms. The van der Waals surface area contributed by atoms with E-state index in [4.69, 9.17) is 0 Å². The fourth-order valence-electron chi connectivity index (χ4n) is 7.10. The number of rotatable bonds is 3. The zero-order valence-corrected chi connectivity index (χ0v) is 16.8. The van der Waals surface area contributed by atoms with Crippen LogP contribution in [0.5, 0.6) is 0 Å². The third-order valence-corrected chi connectivity index (χ3v) is 7.90. The Kier molecular flexibility index (Phi) is 7.96. The van der Waals surface area contributed by atoms with Crippen LogP contribution in [0.4, 0.5) is 0 Å². The average Bonchev–Trinajstić information content (AvgIpc) is 2.64. The molecule has 3 fully saturated rings. The van der Waals surface area contributed by atoms with Crippen LogP contribution >= 0.6 is 0 Å². The molecule has 0 heteroatoms. The van der Waals surface area contributed by atoms with E-state index in [9.17, 15) is 0 Å². The molecule has 0 aromatic rings. The molecule has 3 aliphatic carbocycles. The molecule has 3 rings (SSSR count). The second-order valence-electron chi connectivity index (χ2n) is 8.59. The van der Waals surface area contributed by atoms with Crippen LogP contribution in [0, 0.1) is 41.4 Å². The third kappa shape index (κ3) is 3.98. The van der Waals surface area contributed by atoms with Crippen molar-refractivity contribution in [3.8, 4) is 0 Å². The number of hydrogen-bond donors (Lipinski definition) is 0. The fourth-order valence-corrected chi connectivity index (χ4v) is 7.10. The van der Waals surface area contributed by atoms with Crippen molar-refractivity contribution in [2.75, 3.05) is 0 Å². The van der Waals surface area contributed by atoms with Crippen LogP contribution in [0.1, 0.15) is 105 Å². The quantitative estimate of drug-likeness (QED) is 0.499. The standard InChI is InChI=1S/C21H38.C2H6/c1-4-17-15(3)19-13-9-10-14-20(19)21(18(17)5-2)16-11-7-6-8-12-16;1-2/h15-21H,4-14H2,1-3H3;1-2H3. The maximum absolute atomic E-state index is 2.62. The molecule has 0 aliphatic heterocycles. The van der Waals surface area contributed by atoms with Crippen molar-refractivity contribution in [3.63, 3.8) is 0 Å². The molecule has 0 radical (unpaired) electrons. The summed E-state index contributed by atoms with van der Waals surface area (Å²) in [4.78, 5) is 0. The van der Waals surface area contributed by atoms with Crippen molar-refractivity contribution in [1.82, 2.24) is 0 Å². The zero-order valence-electron chi connectivity index (χ0n) is 16.8. The molecule has 3 saturated carbocycles. The first-order valence-corrected chi connectivity index (χ1v) is 11.3. The Morgan fingerprint density at radius 2 is 1.17 bits per heavy atom. The van der Waals surface area contributed by atoms with E-state index in [0.29, 0.717) is 0 Å². The zero-order chi connectivity index (χ0) is 16.8. The lowest BCUT2D eigenvalue weighted by Crippen LogP contribution is -2.49. The van der Waals surface area contributed by atoms with Gasteiger partial charge in [-0.3, -0.25) is 0 Å².